The van der Waals surface area contributed by atoms with Crippen molar-refractivity contribution >= 4 is 34.0 Å². The average Bonchev–Trinajstić information content (AvgIpc) is 3.37. The molecule has 1 aliphatic carbocycles. The van der Waals surface area contributed by atoms with Crippen molar-refractivity contribution in [3.63, 3.8) is 0 Å². The number of nitrogens with one attached hydrogen (secondary N) is 1. The quantitative estimate of drug-likeness (QED) is 0.427. The fourth-order valence-electron chi connectivity index (χ4n) is 4.12. The first-order valence-electron chi connectivity index (χ1n) is 11.5. The fraction of sp³-hybridized carbons (Fsp3) is 0.440. The van der Waals surface area contributed by atoms with Crippen molar-refractivity contribution in [3.05, 3.63) is 51.2 Å². The molecule has 1 atom stereocenters. The molecule has 1 aromatic carbocycles. The van der Waals surface area contributed by atoms with Gasteiger partial charge in [-0.1, -0.05) is 30.8 Å². The number of hydrogen-bond acceptors (Lipinski definition) is 7. The van der Waals surface area contributed by atoms with E-state index < -0.39 is 0 Å². The molecule has 178 valence electrons. The Labute approximate surface area is 208 Å². The highest BCUT2D eigenvalue weighted by Gasteiger charge is 2.25. The second kappa shape index (κ2) is 10.6. The van der Waals surface area contributed by atoms with E-state index in [-0.39, 0.29) is 11.7 Å². The second-order valence-corrected chi connectivity index (χ2v) is 10.7. The van der Waals surface area contributed by atoms with Crippen LogP contribution in [-0.4, -0.2) is 26.4 Å². The second-order valence-electron chi connectivity index (χ2n) is 8.63. The fourth-order valence-corrected chi connectivity index (χ4v) is 6.32. The standard InChI is InChI=1S/C25H29N5O2S2/c1-5-30-22(13-32-20-8-6-7-16(3)17(20)4)28-29-25(30)33-14-23(31)27-24-19(12-26)18-10-9-15(2)11-21(18)34-24/h6-8,15H,5,9-11,13-14H2,1-4H3,(H,27,31). The van der Waals surface area contributed by atoms with Crippen molar-refractivity contribution in [2.75, 3.05) is 11.1 Å². The summed E-state index contributed by atoms with van der Waals surface area (Å²) < 4.78 is 7.96. The number of carbonyl (C=O) groups excluding carboxylic acids is 1. The molecular weight excluding hydrogens is 466 g/mol. The topological polar surface area (TPSA) is 92.8 Å². The van der Waals surface area contributed by atoms with Gasteiger partial charge in [0, 0.05) is 11.4 Å². The maximum atomic E-state index is 12.7. The molecule has 0 spiro atoms. The first kappa shape index (κ1) is 24.3. The van der Waals surface area contributed by atoms with Crippen LogP contribution >= 0.6 is 23.1 Å². The number of aromatic nitrogens is 3. The van der Waals surface area contributed by atoms with E-state index in [4.69, 9.17) is 4.74 Å². The summed E-state index contributed by atoms with van der Waals surface area (Å²) in [4.78, 5) is 13.9. The summed E-state index contributed by atoms with van der Waals surface area (Å²) in [6.07, 6.45) is 2.97. The molecule has 1 amide bonds. The Hall–Kier alpha value is -2.83. The Morgan fingerprint density at radius 1 is 1.38 bits per heavy atom. The van der Waals surface area contributed by atoms with E-state index in [0.717, 1.165) is 42.0 Å². The molecule has 0 radical (unpaired) electrons. The van der Waals surface area contributed by atoms with E-state index in [1.54, 1.807) is 11.3 Å². The molecule has 4 rings (SSSR count). The monoisotopic (exact) mass is 495 g/mol. The van der Waals surface area contributed by atoms with Gasteiger partial charge in [-0.05, 0) is 68.7 Å². The van der Waals surface area contributed by atoms with Crippen molar-refractivity contribution < 1.29 is 9.53 Å². The zero-order chi connectivity index (χ0) is 24.2. The van der Waals surface area contributed by atoms with Gasteiger partial charge in [0.05, 0.1) is 11.3 Å². The Balaban J connectivity index is 1.38. The molecule has 0 saturated heterocycles. The Morgan fingerprint density at radius 3 is 2.97 bits per heavy atom. The number of carbonyl (C=O) groups is 1. The van der Waals surface area contributed by atoms with Gasteiger partial charge in [-0.25, -0.2) is 0 Å². The average molecular weight is 496 g/mol. The van der Waals surface area contributed by atoms with Gasteiger partial charge < -0.3 is 14.6 Å². The van der Waals surface area contributed by atoms with Gasteiger partial charge in [0.1, 0.15) is 23.4 Å². The van der Waals surface area contributed by atoms with Crippen LogP contribution < -0.4 is 10.1 Å². The zero-order valence-corrected chi connectivity index (χ0v) is 21.6. The summed E-state index contributed by atoms with van der Waals surface area (Å²) in [7, 11) is 0. The molecule has 2 aromatic heterocycles. The number of thiophene rings is 1. The maximum absolute atomic E-state index is 12.7. The van der Waals surface area contributed by atoms with E-state index in [9.17, 15) is 10.1 Å². The van der Waals surface area contributed by atoms with E-state index in [1.807, 2.05) is 30.5 Å². The smallest absolute Gasteiger partial charge is 0.235 e. The minimum atomic E-state index is -0.146. The lowest BCUT2D eigenvalue weighted by Gasteiger charge is -2.17. The van der Waals surface area contributed by atoms with Gasteiger partial charge in [0.2, 0.25) is 5.91 Å². The number of amides is 1. The third-order valence-electron chi connectivity index (χ3n) is 6.23. The summed E-state index contributed by atoms with van der Waals surface area (Å²) in [5.74, 6) is 2.22. The largest absolute Gasteiger partial charge is 0.485 e. The molecule has 2 heterocycles. The van der Waals surface area contributed by atoms with Crippen LogP contribution in [0.3, 0.4) is 0 Å². The molecule has 34 heavy (non-hydrogen) atoms. The third-order valence-corrected chi connectivity index (χ3v) is 8.37. The third kappa shape index (κ3) is 5.13. The number of anilines is 1. The number of fused-ring (bicyclic) bond motifs is 1. The Bertz CT molecular complexity index is 1240. The van der Waals surface area contributed by atoms with Crippen LogP contribution in [0.25, 0.3) is 0 Å². The Morgan fingerprint density at radius 2 is 2.21 bits per heavy atom. The number of nitriles is 1. The maximum Gasteiger partial charge on any atom is 0.235 e. The summed E-state index contributed by atoms with van der Waals surface area (Å²) in [6, 6.07) is 8.29. The summed E-state index contributed by atoms with van der Waals surface area (Å²) in [5, 5.41) is 22.5. The molecule has 1 unspecified atom stereocenters. The number of nitrogens with zero attached hydrogens (tertiary/aromatic N) is 4. The van der Waals surface area contributed by atoms with Crippen LogP contribution in [0.2, 0.25) is 0 Å². The van der Waals surface area contributed by atoms with E-state index in [2.05, 4.69) is 41.5 Å². The van der Waals surface area contributed by atoms with Crippen LogP contribution in [0.5, 0.6) is 5.75 Å². The van der Waals surface area contributed by atoms with Crippen molar-refractivity contribution in [2.24, 2.45) is 5.92 Å². The van der Waals surface area contributed by atoms with Crippen LogP contribution in [0.1, 0.15) is 53.2 Å². The zero-order valence-electron chi connectivity index (χ0n) is 20.0. The lowest BCUT2D eigenvalue weighted by Crippen LogP contribution is -2.15. The normalized spacial score (nSPS) is 15.0. The predicted octanol–water partition coefficient (Wildman–Crippen LogP) is 5.28. The molecule has 1 aliphatic rings. The number of rotatable bonds is 8. The van der Waals surface area contributed by atoms with E-state index in [0.29, 0.717) is 34.8 Å². The molecule has 9 heteroatoms. The van der Waals surface area contributed by atoms with E-state index >= 15 is 0 Å². The van der Waals surface area contributed by atoms with Gasteiger partial charge in [-0.3, -0.25) is 4.79 Å². The lowest BCUT2D eigenvalue weighted by molar-refractivity contribution is -0.113. The molecule has 0 bridgehead atoms. The molecule has 7 nitrogen and oxygen atoms in total. The number of ether oxygens (including phenoxy) is 1. The van der Waals surface area contributed by atoms with Crippen molar-refractivity contribution in [3.8, 4) is 11.8 Å². The number of aryl methyl sites for hydroxylation is 1. The molecule has 0 fully saturated rings. The van der Waals surface area contributed by atoms with Crippen molar-refractivity contribution in [2.45, 2.75) is 65.3 Å². The van der Waals surface area contributed by atoms with Crippen LogP contribution in [0.4, 0.5) is 5.00 Å². The SMILES string of the molecule is CCn1c(COc2cccc(C)c2C)nnc1SCC(=O)Nc1sc2c(c1C#N)CCC(C)C2. The summed E-state index contributed by atoms with van der Waals surface area (Å²) in [5.41, 5.74) is 4.04. The number of benzene rings is 1. The van der Waals surface area contributed by atoms with Gasteiger partial charge >= 0.3 is 0 Å². The van der Waals surface area contributed by atoms with Gasteiger partial charge in [0.25, 0.3) is 0 Å². The van der Waals surface area contributed by atoms with Crippen molar-refractivity contribution in [1.82, 2.24) is 14.8 Å². The van der Waals surface area contributed by atoms with Crippen LogP contribution in [0, 0.1) is 31.1 Å². The number of hydrogen-bond donors (Lipinski definition) is 1. The van der Waals surface area contributed by atoms with Crippen molar-refractivity contribution in [1.29, 1.82) is 5.26 Å². The number of thioether (sulfide) groups is 1. The molecule has 1 N–H and O–H groups in total. The van der Waals surface area contributed by atoms with E-state index in [1.165, 1.54) is 22.2 Å². The minimum absolute atomic E-state index is 0.146. The summed E-state index contributed by atoms with van der Waals surface area (Å²) >= 11 is 2.88. The first-order chi connectivity index (χ1) is 16.4. The molecular formula is C25H29N5O2S2. The predicted molar refractivity (Wildman–Crippen MR) is 136 cm³/mol. The van der Waals surface area contributed by atoms with Gasteiger partial charge in [0.15, 0.2) is 11.0 Å². The van der Waals surface area contributed by atoms with Crippen LogP contribution in [0.15, 0.2) is 23.4 Å². The molecule has 0 aliphatic heterocycles. The van der Waals surface area contributed by atoms with Gasteiger partial charge in [-0.2, -0.15) is 5.26 Å². The first-order valence-corrected chi connectivity index (χ1v) is 13.3. The molecule has 0 saturated carbocycles. The summed E-state index contributed by atoms with van der Waals surface area (Å²) in [6.45, 7) is 9.33. The minimum Gasteiger partial charge on any atom is -0.485 e. The highest BCUT2D eigenvalue weighted by Crippen LogP contribution is 2.39. The molecule has 3 aromatic rings. The highest BCUT2D eigenvalue weighted by atomic mass is 32.2. The highest BCUT2D eigenvalue weighted by molar-refractivity contribution is 7.99. The van der Waals surface area contributed by atoms with Crippen LogP contribution in [-0.2, 0) is 30.8 Å². The van der Waals surface area contributed by atoms with Gasteiger partial charge in [-0.15, -0.1) is 21.5 Å². The Kier molecular flexibility index (Phi) is 7.59. The lowest BCUT2D eigenvalue weighted by atomic mass is 9.89.